The van der Waals surface area contributed by atoms with Crippen molar-refractivity contribution in [2.24, 2.45) is 0 Å². The van der Waals surface area contributed by atoms with Crippen molar-refractivity contribution in [3.63, 3.8) is 0 Å². The number of rotatable bonds is 11. The highest BCUT2D eigenvalue weighted by Crippen LogP contribution is 2.11. The van der Waals surface area contributed by atoms with Gasteiger partial charge in [0.25, 0.3) is 0 Å². The second kappa shape index (κ2) is 10.8. The zero-order valence-electron chi connectivity index (χ0n) is 12.0. The monoisotopic (exact) mass is 267 g/mol. The highest BCUT2D eigenvalue weighted by atomic mass is 16.5. The number of nitrogens with one attached hydrogen (secondary N) is 1. The highest BCUT2D eigenvalue weighted by molar-refractivity contribution is 5.26. The Morgan fingerprint density at radius 1 is 1.00 bits per heavy atom. The maximum atomic E-state index is 5.59. The van der Waals surface area contributed by atoms with E-state index in [1.165, 1.54) is 0 Å². The molecule has 0 heterocycles. The molecule has 1 aromatic rings. The Balaban J connectivity index is 1.95. The van der Waals surface area contributed by atoms with Gasteiger partial charge in [-0.2, -0.15) is 0 Å². The van der Waals surface area contributed by atoms with Crippen LogP contribution in [0.3, 0.4) is 0 Å². The van der Waals surface area contributed by atoms with Crippen molar-refractivity contribution >= 4 is 0 Å². The largest absolute Gasteiger partial charge is 0.497 e. The highest BCUT2D eigenvalue weighted by Gasteiger charge is 1.95. The van der Waals surface area contributed by atoms with Gasteiger partial charge in [-0.15, -0.1) is 0 Å². The lowest BCUT2D eigenvalue weighted by Gasteiger charge is -2.07. The summed E-state index contributed by atoms with van der Waals surface area (Å²) in [5.74, 6) is 0.875. The standard InChI is InChI=1S/C15H25NO3/c1-3-18-11-4-9-16-10-12-19-13-14-5-7-15(17-2)8-6-14/h5-8,16H,3-4,9-13H2,1-2H3. The Morgan fingerprint density at radius 3 is 2.47 bits per heavy atom. The van der Waals surface area contributed by atoms with Crippen LogP contribution in [0.1, 0.15) is 18.9 Å². The van der Waals surface area contributed by atoms with Crippen molar-refractivity contribution in [1.82, 2.24) is 5.32 Å². The molecule has 0 aliphatic rings. The maximum Gasteiger partial charge on any atom is 0.118 e. The lowest BCUT2D eigenvalue weighted by Crippen LogP contribution is -2.21. The first-order chi connectivity index (χ1) is 9.36. The van der Waals surface area contributed by atoms with Crippen molar-refractivity contribution in [2.75, 3.05) is 40.0 Å². The first-order valence-electron chi connectivity index (χ1n) is 6.86. The summed E-state index contributed by atoms with van der Waals surface area (Å²) < 4.78 is 15.9. The number of benzene rings is 1. The Bertz CT molecular complexity index is 314. The van der Waals surface area contributed by atoms with E-state index in [2.05, 4.69) is 5.32 Å². The molecule has 0 aliphatic heterocycles. The van der Waals surface area contributed by atoms with Crippen molar-refractivity contribution < 1.29 is 14.2 Å². The summed E-state index contributed by atoms with van der Waals surface area (Å²) in [5.41, 5.74) is 1.16. The van der Waals surface area contributed by atoms with E-state index in [1.807, 2.05) is 31.2 Å². The summed E-state index contributed by atoms with van der Waals surface area (Å²) in [5, 5.41) is 3.32. The summed E-state index contributed by atoms with van der Waals surface area (Å²) >= 11 is 0. The van der Waals surface area contributed by atoms with Crippen molar-refractivity contribution in [3.05, 3.63) is 29.8 Å². The zero-order valence-corrected chi connectivity index (χ0v) is 12.0. The van der Waals surface area contributed by atoms with Gasteiger partial charge < -0.3 is 19.5 Å². The minimum absolute atomic E-state index is 0.643. The van der Waals surface area contributed by atoms with Crippen LogP contribution in [0.25, 0.3) is 0 Å². The molecule has 0 amide bonds. The third-order valence-corrected chi connectivity index (χ3v) is 2.70. The fraction of sp³-hybridized carbons (Fsp3) is 0.600. The summed E-state index contributed by atoms with van der Waals surface area (Å²) in [4.78, 5) is 0. The average Bonchev–Trinajstić information content (AvgIpc) is 2.46. The van der Waals surface area contributed by atoms with E-state index < -0.39 is 0 Å². The van der Waals surface area contributed by atoms with Gasteiger partial charge in [-0.05, 0) is 37.6 Å². The van der Waals surface area contributed by atoms with Crippen LogP contribution in [0.15, 0.2) is 24.3 Å². The first kappa shape index (κ1) is 16.0. The summed E-state index contributed by atoms with van der Waals surface area (Å²) in [6.45, 7) is 6.86. The number of hydrogen-bond donors (Lipinski definition) is 1. The van der Waals surface area contributed by atoms with Crippen molar-refractivity contribution in [3.8, 4) is 5.75 Å². The van der Waals surface area contributed by atoms with E-state index in [-0.39, 0.29) is 0 Å². The molecular formula is C15H25NO3. The topological polar surface area (TPSA) is 39.7 Å². The molecule has 0 spiro atoms. The molecule has 0 radical (unpaired) electrons. The predicted molar refractivity (Wildman–Crippen MR) is 76.6 cm³/mol. The van der Waals surface area contributed by atoms with Crippen molar-refractivity contribution in [2.45, 2.75) is 20.0 Å². The molecule has 108 valence electrons. The molecule has 0 aliphatic carbocycles. The molecule has 4 nitrogen and oxygen atoms in total. The van der Waals surface area contributed by atoms with Gasteiger partial charge in [0.2, 0.25) is 0 Å². The minimum Gasteiger partial charge on any atom is -0.497 e. The molecule has 0 unspecified atom stereocenters. The third kappa shape index (κ3) is 7.82. The lowest BCUT2D eigenvalue weighted by molar-refractivity contribution is 0.120. The number of ether oxygens (including phenoxy) is 3. The van der Waals surface area contributed by atoms with E-state index >= 15 is 0 Å². The SMILES string of the molecule is CCOCCCNCCOCc1ccc(OC)cc1. The molecule has 1 aromatic carbocycles. The molecule has 0 fully saturated rings. The van der Waals surface area contributed by atoms with Crippen LogP contribution in [-0.4, -0.2) is 40.0 Å². The molecule has 0 saturated heterocycles. The van der Waals surface area contributed by atoms with E-state index in [4.69, 9.17) is 14.2 Å². The van der Waals surface area contributed by atoms with Gasteiger partial charge in [0.15, 0.2) is 0 Å². The van der Waals surface area contributed by atoms with Crippen LogP contribution in [0.5, 0.6) is 5.75 Å². The van der Waals surface area contributed by atoms with Crippen LogP contribution in [0, 0.1) is 0 Å². The molecule has 1 rings (SSSR count). The maximum absolute atomic E-state index is 5.59. The molecule has 0 aromatic heterocycles. The van der Waals surface area contributed by atoms with E-state index in [1.54, 1.807) is 7.11 Å². The molecule has 0 atom stereocenters. The molecular weight excluding hydrogens is 242 g/mol. The summed E-state index contributed by atoms with van der Waals surface area (Å²) in [7, 11) is 1.67. The Hall–Kier alpha value is -1.10. The number of methoxy groups -OCH3 is 1. The lowest BCUT2D eigenvalue weighted by atomic mass is 10.2. The number of hydrogen-bond acceptors (Lipinski definition) is 4. The Labute approximate surface area is 116 Å². The van der Waals surface area contributed by atoms with Crippen LogP contribution in [0.4, 0.5) is 0 Å². The molecule has 1 N–H and O–H groups in total. The van der Waals surface area contributed by atoms with E-state index in [0.717, 1.165) is 50.6 Å². The van der Waals surface area contributed by atoms with E-state index in [0.29, 0.717) is 6.61 Å². The third-order valence-electron chi connectivity index (χ3n) is 2.70. The normalized spacial score (nSPS) is 10.6. The predicted octanol–water partition coefficient (Wildman–Crippen LogP) is 2.23. The quantitative estimate of drug-likeness (QED) is 0.624. The fourth-order valence-electron chi connectivity index (χ4n) is 1.62. The Morgan fingerprint density at radius 2 is 1.79 bits per heavy atom. The minimum atomic E-state index is 0.643. The summed E-state index contributed by atoms with van der Waals surface area (Å²) in [6.07, 6.45) is 1.05. The van der Waals surface area contributed by atoms with Crippen molar-refractivity contribution in [1.29, 1.82) is 0 Å². The zero-order chi connectivity index (χ0) is 13.8. The second-order valence-corrected chi connectivity index (χ2v) is 4.20. The molecule has 19 heavy (non-hydrogen) atoms. The van der Waals surface area contributed by atoms with Crippen LogP contribution < -0.4 is 10.1 Å². The smallest absolute Gasteiger partial charge is 0.118 e. The van der Waals surface area contributed by atoms with Crippen LogP contribution in [-0.2, 0) is 16.1 Å². The second-order valence-electron chi connectivity index (χ2n) is 4.20. The van der Waals surface area contributed by atoms with Gasteiger partial charge in [0, 0.05) is 19.8 Å². The van der Waals surface area contributed by atoms with Gasteiger partial charge in [0.05, 0.1) is 20.3 Å². The molecule has 0 saturated carbocycles. The molecule has 0 bridgehead atoms. The summed E-state index contributed by atoms with van der Waals surface area (Å²) in [6, 6.07) is 7.94. The fourth-order valence-corrected chi connectivity index (χ4v) is 1.62. The van der Waals surface area contributed by atoms with Gasteiger partial charge >= 0.3 is 0 Å². The van der Waals surface area contributed by atoms with Gasteiger partial charge in [-0.25, -0.2) is 0 Å². The van der Waals surface area contributed by atoms with Gasteiger partial charge in [0.1, 0.15) is 5.75 Å². The van der Waals surface area contributed by atoms with E-state index in [9.17, 15) is 0 Å². The Kier molecular flexibility index (Phi) is 9.06. The average molecular weight is 267 g/mol. The first-order valence-corrected chi connectivity index (χ1v) is 6.86. The van der Waals surface area contributed by atoms with Crippen LogP contribution in [0.2, 0.25) is 0 Å². The van der Waals surface area contributed by atoms with Gasteiger partial charge in [-0.3, -0.25) is 0 Å². The molecule has 4 heteroatoms. The van der Waals surface area contributed by atoms with Gasteiger partial charge in [-0.1, -0.05) is 12.1 Å². The van der Waals surface area contributed by atoms with Crippen LogP contribution >= 0.6 is 0 Å².